The molecule has 2 fully saturated rings. The first-order valence-corrected chi connectivity index (χ1v) is 11.0. The van der Waals surface area contributed by atoms with Crippen LogP contribution in [-0.4, -0.2) is 72.5 Å². The number of nitrogens with zero attached hydrogens (tertiary/aromatic N) is 3. The first kappa shape index (κ1) is 20.3. The van der Waals surface area contributed by atoms with Crippen molar-refractivity contribution in [2.24, 2.45) is 5.92 Å². The molecule has 0 spiro atoms. The Morgan fingerprint density at radius 2 is 1.74 bits per heavy atom. The van der Waals surface area contributed by atoms with E-state index in [4.69, 9.17) is 0 Å². The summed E-state index contributed by atoms with van der Waals surface area (Å²) in [6.45, 7) is 11.6. The van der Waals surface area contributed by atoms with Crippen molar-refractivity contribution >= 4 is 5.91 Å². The molecule has 0 bridgehead atoms. The third-order valence-electron chi connectivity index (χ3n) is 6.51. The molecule has 0 aliphatic carbocycles. The Kier molecular flexibility index (Phi) is 7.71. The topological polar surface area (TPSA) is 26.8 Å². The van der Waals surface area contributed by atoms with Crippen LogP contribution >= 0.6 is 0 Å². The van der Waals surface area contributed by atoms with E-state index < -0.39 is 0 Å². The highest BCUT2D eigenvalue weighted by Gasteiger charge is 2.32. The molecule has 4 nitrogen and oxygen atoms in total. The van der Waals surface area contributed by atoms with Crippen molar-refractivity contribution in [3.63, 3.8) is 0 Å². The average molecular weight is 372 g/mol. The van der Waals surface area contributed by atoms with E-state index in [1.54, 1.807) is 0 Å². The summed E-state index contributed by atoms with van der Waals surface area (Å²) in [6, 6.07) is 11.5. The van der Waals surface area contributed by atoms with Gasteiger partial charge in [0.05, 0.1) is 5.92 Å². The molecule has 2 heterocycles. The monoisotopic (exact) mass is 371 g/mol. The average Bonchev–Trinajstić information content (AvgIpc) is 2.74. The van der Waals surface area contributed by atoms with Gasteiger partial charge in [0.15, 0.2) is 0 Å². The van der Waals surface area contributed by atoms with Crippen molar-refractivity contribution < 1.29 is 4.79 Å². The minimum Gasteiger partial charge on any atom is -0.343 e. The molecular formula is C23H37N3O. The molecule has 4 heteroatoms. The summed E-state index contributed by atoms with van der Waals surface area (Å²) in [5.41, 5.74) is 1.44. The van der Waals surface area contributed by atoms with E-state index in [0.29, 0.717) is 11.9 Å². The molecule has 0 saturated carbocycles. The Balaban J connectivity index is 1.44. The minimum atomic E-state index is 0.217. The zero-order chi connectivity index (χ0) is 19.1. The van der Waals surface area contributed by atoms with Gasteiger partial charge in [-0.3, -0.25) is 9.69 Å². The van der Waals surface area contributed by atoms with Crippen LogP contribution in [-0.2, 0) is 11.2 Å². The van der Waals surface area contributed by atoms with Crippen LogP contribution in [0.25, 0.3) is 0 Å². The fourth-order valence-corrected chi connectivity index (χ4v) is 4.77. The minimum absolute atomic E-state index is 0.217. The molecule has 0 N–H and O–H groups in total. The molecule has 0 unspecified atom stereocenters. The van der Waals surface area contributed by atoms with Gasteiger partial charge in [0, 0.05) is 32.2 Å². The van der Waals surface area contributed by atoms with Crippen LogP contribution in [0.15, 0.2) is 30.3 Å². The maximum atomic E-state index is 12.8. The van der Waals surface area contributed by atoms with E-state index in [1.165, 1.54) is 51.0 Å². The Hall–Kier alpha value is -1.39. The molecule has 0 radical (unpaired) electrons. The Morgan fingerprint density at radius 1 is 1.04 bits per heavy atom. The normalized spacial score (nSPS) is 22.7. The summed E-state index contributed by atoms with van der Waals surface area (Å²) >= 11 is 0. The van der Waals surface area contributed by atoms with Gasteiger partial charge in [-0.1, -0.05) is 30.3 Å². The fourth-order valence-electron chi connectivity index (χ4n) is 4.77. The summed E-state index contributed by atoms with van der Waals surface area (Å²) in [6.07, 6.45) is 5.89. The summed E-state index contributed by atoms with van der Waals surface area (Å²) in [5.74, 6) is 0.597. The number of amides is 1. The van der Waals surface area contributed by atoms with Crippen molar-refractivity contribution in [2.45, 2.75) is 52.0 Å². The third kappa shape index (κ3) is 5.55. The van der Waals surface area contributed by atoms with Crippen LogP contribution in [0.2, 0.25) is 0 Å². The summed E-state index contributed by atoms with van der Waals surface area (Å²) in [7, 11) is 0. The van der Waals surface area contributed by atoms with Crippen molar-refractivity contribution in [2.75, 3.05) is 45.8 Å². The molecule has 3 rings (SSSR count). The zero-order valence-corrected chi connectivity index (χ0v) is 17.3. The van der Waals surface area contributed by atoms with Crippen molar-refractivity contribution in [1.82, 2.24) is 14.7 Å². The van der Waals surface area contributed by atoms with E-state index in [0.717, 1.165) is 32.5 Å². The second kappa shape index (κ2) is 10.2. The molecule has 27 heavy (non-hydrogen) atoms. The van der Waals surface area contributed by atoms with Gasteiger partial charge in [-0.05, 0) is 71.1 Å². The number of benzene rings is 1. The molecular weight excluding hydrogens is 334 g/mol. The van der Waals surface area contributed by atoms with Gasteiger partial charge < -0.3 is 9.80 Å². The van der Waals surface area contributed by atoms with Crippen LogP contribution in [0.5, 0.6) is 0 Å². The number of carbonyl (C=O) groups excluding carboxylic acids is 1. The molecule has 2 aliphatic heterocycles. The Morgan fingerprint density at radius 3 is 2.41 bits per heavy atom. The third-order valence-corrected chi connectivity index (χ3v) is 6.51. The smallest absolute Gasteiger partial charge is 0.226 e. The molecule has 2 saturated heterocycles. The molecule has 150 valence electrons. The van der Waals surface area contributed by atoms with Crippen molar-refractivity contribution in [1.29, 1.82) is 0 Å². The number of piperidine rings is 2. The molecule has 1 amide bonds. The highest BCUT2D eigenvalue weighted by molar-refractivity contribution is 5.79. The molecule has 0 aromatic heterocycles. The lowest BCUT2D eigenvalue weighted by Gasteiger charge is -2.42. The lowest BCUT2D eigenvalue weighted by atomic mass is 9.92. The molecule has 1 aromatic carbocycles. The Bertz CT molecular complexity index is 564. The van der Waals surface area contributed by atoms with Crippen molar-refractivity contribution in [3.8, 4) is 0 Å². The van der Waals surface area contributed by atoms with Crippen LogP contribution < -0.4 is 0 Å². The number of likely N-dealkylation sites (tertiary alicyclic amines) is 2. The van der Waals surface area contributed by atoms with Gasteiger partial charge in [-0.25, -0.2) is 0 Å². The number of rotatable bonds is 7. The number of hydrogen-bond acceptors (Lipinski definition) is 3. The maximum absolute atomic E-state index is 12.8. The highest BCUT2D eigenvalue weighted by Crippen LogP contribution is 2.25. The predicted molar refractivity (Wildman–Crippen MR) is 112 cm³/mol. The largest absolute Gasteiger partial charge is 0.343 e. The molecule has 1 atom stereocenters. The first-order chi connectivity index (χ1) is 13.2. The van der Waals surface area contributed by atoms with Gasteiger partial charge in [-0.2, -0.15) is 0 Å². The zero-order valence-electron chi connectivity index (χ0n) is 17.3. The van der Waals surface area contributed by atoms with Crippen LogP contribution in [0.1, 0.15) is 45.1 Å². The highest BCUT2D eigenvalue weighted by atomic mass is 16.2. The summed E-state index contributed by atoms with van der Waals surface area (Å²) < 4.78 is 0. The summed E-state index contributed by atoms with van der Waals surface area (Å²) in [5, 5.41) is 0. The lowest BCUT2D eigenvalue weighted by molar-refractivity contribution is -0.137. The maximum Gasteiger partial charge on any atom is 0.226 e. The Labute approximate surface area is 165 Å². The first-order valence-electron chi connectivity index (χ1n) is 11.0. The van der Waals surface area contributed by atoms with E-state index in [-0.39, 0.29) is 5.92 Å². The van der Waals surface area contributed by atoms with Gasteiger partial charge in [0.2, 0.25) is 5.91 Å². The number of hydrogen-bond donors (Lipinski definition) is 0. The second-order valence-corrected chi connectivity index (χ2v) is 8.15. The van der Waals surface area contributed by atoms with Crippen LogP contribution in [0.3, 0.4) is 0 Å². The quantitative estimate of drug-likeness (QED) is 0.736. The predicted octanol–water partition coefficient (Wildman–Crippen LogP) is 3.27. The van der Waals surface area contributed by atoms with Gasteiger partial charge in [0.25, 0.3) is 0 Å². The standard InChI is InChI=1S/C23H37N3O/c1-3-25(4-2)23(27)21-11-8-15-26(19-21)22-13-17-24(18-14-22)16-12-20-9-6-5-7-10-20/h5-7,9-10,21-22H,3-4,8,11-19H2,1-2H3/t21-/m0/s1. The van der Waals surface area contributed by atoms with E-state index in [9.17, 15) is 4.79 Å². The van der Waals surface area contributed by atoms with Crippen LogP contribution in [0.4, 0.5) is 0 Å². The SMILES string of the molecule is CCN(CC)C(=O)[C@H]1CCCN(C2CCN(CCc3ccccc3)CC2)C1. The van der Waals surface area contributed by atoms with Crippen LogP contribution in [0, 0.1) is 5.92 Å². The second-order valence-electron chi connectivity index (χ2n) is 8.15. The number of carbonyl (C=O) groups is 1. The van der Waals surface area contributed by atoms with E-state index in [2.05, 4.69) is 54.0 Å². The summed E-state index contributed by atoms with van der Waals surface area (Å²) in [4.78, 5) is 20.0. The van der Waals surface area contributed by atoms with E-state index >= 15 is 0 Å². The van der Waals surface area contributed by atoms with Gasteiger partial charge in [0.1, 0.15) is 0 Å². The van der Waals surface area contributed by atoms with Gasteiger partial charge in [-0.15, -0.1) is 0 Å². The lowest BCUT2D eigenvalue weighted by Crippen LogP contribution is -2.51. The van der Waals surface area contributed by atoms with E-state index in [1.807, 2.05) is 4.90 Å². The molecule has 2 aliphatic rings. The van der Waals surface area contributed by atoms with Gasteiger partial charge >= 0.3 is 0 Å². The molecule has 1 aromatic rings. The van der Waals surface area contributed by atoms with Crippen molar-refractivity contribution in [3.05, 3.63) is 35.9 Å². The fraction of sp³-hybridized carbons (Fsp3) is 0.696.